The number of hydrogen-bond donors (Lipinski definition) is 0. The van der Waals surface area contributed by atoms with Crippen LogP contribution in [0.2, 0.25) is 0 Å². The maximum atomic E-state index is 14.7. The topological polar surface area (TPSA) is 61.8 Å². The maximum Gasteiger partial charge on any atom is 0.432 e. The van der Waals surface area contributed by atoms with E-state index in [0.29, 0.717) is 23.8 Å². The Morgan fingerprint density at radius 1 is 1.11 bits per heavy atom. The number of allylic oxidation sites excluding steroid dienone is 1. The van der Waals surface area contributed by atoms with Gasteiger partial charge in [-0.15, -0.1) is 0 Å². The summed E-state index contributed by atoms with van der Waals surface area (Å²) in [5, 5.41) is 0. The average Bonchev–Trinajstić information content (AvgIpc) is 3.32. The Kier molecular flexibility index (Phi) is 11.6. The van der Waals surface area contributed by atoms with Gasteiger partial charge < -0.3 is 14.2 Å². The first kappa shape index (κ1) is 36.3. The molecule has 0 amide bonds. The molecular weight excluding hydrogens is 637 g/mol. The Morgan fingerprint density at radius 3 is 2.30 bits per heavy atom. The van der Waals surface area contributed by atoms with Crippen LogP contribution in [0.15, 0.2) is 53.0 Å². The number of rotatable bonds is 11. The lowest BCUT2D eigenvalue weighted by Crippen LogP contribution is -2.53. The number of methoxy groups -OCH3 is 1. The van der Waals surface area contributed by atoms with Crippen LogP contribution in [0, 0.1) is 34.5 Å². The van der Waals surface area contributed by atoms with Gasteiger partial charge in [-0.2, -0.15) is 13.2 Å². The second-order valence-corrected chi connectivity index (χ2v) is 14.4. The van der Waals surface area contributed by atoms with Crippen molar-refractivity contribution in [3.05, 3.63) is 58.6 Å². The fourth-order valence-corrected chi connectivity index (χ4v) is 7.95. The van der Waals surface area contributed by atoms with Gasteiger partial charge in [-0.3, -0.25) is 4.79 Å². The van der Waals surface area contributed by atoms with Crippen LogP contribution in [0.5, 0.6) is 0 Å². The minimum Gasteiger partial charge on any atom is -0.461 e. The first-order valence-electron chi connectivity index (χ1n) is 15.5. The third kappa shape index (κ3) is 7.30. The Balaban J connectivity index is 1.95. The van der Waals surface area contributed by atoms with Crippen molar-refractivity contribution in [2.24, 2.45) is 34.5 Å². The summed E-state index contributed by atoms with van der Waals surface area (Å²) in [6.45, 7) is 15.3. The van der Waals surface area contributed by atoms with E-state index in [4.69, 9.17) is 14.2 Å². The number of alkyl halides is 3. The summed E-state index contributed by atoms with van der Waals surface area (Å²) in [6, 6.07) is 6.83. The number of ether oxygens (including phenoxy) is 3. The Bertz CT molecular complexity index is 1210. The fraction of sp³-hybridized carbons (Fsp3) is 0.657. The van der Waals surface area contributed by atoms with Crippen LogP contribution in [0.1, 0.15) is 85.6 Å². The molecule has 2 aliphatic carbocycles. The molecule has 2 saturated carbocycles. The third-order valence-corrected chi connectivity index (χ3v) is 10.7. The van der Waals surface area contributed by atoms with Crippen molar-refractivity contribution >= 4 is 27.9 Å². The largest absolute Gasteiger partial charge is 0.461 e. The molecule has 0 saturated heterocycles. The van der Waals surface area contributed by atoms with Crippen molar-refractivity contribution < 1.29 is 37.0 Å². The van der Waals surface area contributed by atoms with Crippen LogP contribution in [0.3, 0.4) is 0 Å². The maximum absolute atomic E-state index is 14.7. The van der Waals surface area contributed by atoms with Crippen molar-refractivity contribution in [1.82, 2.24) is 0 Å². The summed E-state index contributed by atoms with van der Waals surface area (Å²) in [6.07, 6.45) is -0.479. The zero-order valence-electron chi connectivity index (χ0n) is 27.1. The normalized spacial score (nSPS) is 26.7. The van der Waals surface area contributed by atoms with E-state index in [0.717, 1.165) is 39.2 Å². The summed E-state index contributed by atoms with van der Waals surface area (Å²) in [4.78, 5) is 28.3. The molecule has 0 unspecified atom stereocenters. The molecule has 1 aromatic carbocycles. The van der Waals surface area contributed by atoms with Crippen molar-refractivity contribution in [2.45, 2.75) is 97.9 Å². The first-order valence-corrected chi connectivity index (χ1v) is 16.4. The Labute approximate surface area is 269 Å². The Hall–Kier alpha value is -2.13. The van der Waals surface area contributed by atoms with Gasteiger partial charge in [0.15, 0.2) is 0 Å². The van der Waals surface area contributed by atoms with Gasteiger partial charge >= 0.3 is 18.1 Å². The molecule has 9 heteroatoms. The van der Waals surface area contributed by atoms with E-state index >= 15 is 0 Å². The highest BCUT2D eigenvalue weighted by Gasteiger charge is 2.64. The number of hydrogen-bond acceptors (Lipinski definition) is 5. The molecule has 2 fully saturated rings. The van der Waals surface area contributed by atoms with E-state index in [1.54, 1.807) is 33.8 Å². The lowest BCUT2D eigenvalue weighted by Gasteiger charge is -2.45. The van der Waals surface area contributed by atoms with Crippen molar-refractivity contribution in [2.75, 3.05) is 13.7 Å². The molecule has 1 aromatic rings. The van der Waals surface area contributed by atoms with Crippen LogP contribution < -0.4 is 0 Å². The second kappa shape index (κ2) is 14.1. The van der Waals surface area contributed by atoms with E-state index in [2.05, 4.69) is 41.3 Å². The molecule has 2 aliphatic rings. The highest BCUT2D eigenvalue weighted by molar-refractivity contribution is 9.11. The molecule has 0 N–H and O–H groups in total. The minimum absolute atomic E-state index is 0.0319. The highest BCUT2D eigenvalue weighted by Crippen LogP contribution is 2.60. The molecule has 7 atom stereocenters. The quantitative estimate of drug-likeness (QED) is 0.172. The van der Waals surface area contributed by atoms with Gasteiger partial charge in [0, 0.05) is 18.6 Å². The number of esters is 2. The number of carbonyl (C=O) groups excluding carboxylic acids is 2. The molecule has 0 bridgehead atoms. The molecule has 246 valence electrons. The number of benzene rings is 1. The third-order valence-electron chi connectivity index (χ3n) is 10.1. The Morgan fingerprint density at radius 2 is 1.75 bits per heavy atom. The average molecular weight is 686 g/mol. The zero-order chi connectivity index (χ0) is 33.1. The lowest BCUT2D eigenvalue weighted by molar-refractivity contribution is -0.279. The molecule has 3 rings (SSSR count). The van der Waals surface area contributed by atoms with E-state index in [-0.39, 0.29) is 23.5 Å². The summed E-state index contributed by atoms with van der Waals surface area (Å²) < 4.78 is 60.6. The van der Waals surface area contributed by atoms with Crippen LogP contribution in [-0.2, 0) is 29.4 Å². The van der Waals surface area contributed by atoms with Gasteiger partial charge in [0.2, 0.25) is 0 Å². The van der Waals surface area contributed by atoms with Crippen molar-refractivity contribution in [3.63, 3.8) is 0 Å². The van der Waals surface area contributed by atoms with Gasteiger partial charge in [-0.1, -0.05) is 79.2 Å². The van der Waals surface area contributed by atoms with Crippen LogP contribution in [0.25, 0.3) is 0 Å². The van der Waals surface area contributed by atoms with E-state index < -0.39 is 41.2 Å². The fourth-order valence-electron chi connectivity index (χ4n) is 7.41. The van der Waals surface area contributed by atoms with Crippen molar-refractivity contribution in [1.29, 1.82) is 0 Å². The number of halogens is 4. The standard InChI is InChI=1S/C35H48BrF3O5/c1-22(27-16-17-28-25(20-36)13-12-18-33(27,28)7)19-29(24(3)23(2)21-43-30(40)32(4,5)6)44-31(41)34(42-8,35(37,38)39)26-14-10-9-11-15-26/h9-11,14-15,20,22,24,27-29H,2,12-13,16-19,21H2,1,3-8H3/b25-20+/t22-,24-,27-,28+,29-,33-,34-/m1/s1. The highest BCUT2D eigenvalue weighted by atomic mass is 79.9. The molecule has 0 aromatic heterocycles. The molecule has 0 heterocycles. The van der Waals surface area contributed by atoms with Gasteiger partial charge in [0.1, 0.15) is 12.7 Å². The molecule has 44 heavy (non-hydrogen) atoms. The molecule has 0 aliphatic heterocycles. The summed E-state index contributed by atoms with van der Waals surface area (Å²) in [5.41, 5.74) is -2.49. The van der Waals surface area contributed by atoms with Crippen LogP contribution >= 0.6 is 15.9 Å². The first-order chi connectivity index (χ1) is 20.4. The van der Waals surface area contributed by atoms with Crippen LogP contribution in [-0.4, -0.2) is 37.9 Å². The van der Waals surface area contributed by atoms with Gasteiger partial charge in [-0.25, -0.2) is 4.79 Å². The summed E-state index contributed by atoms with van der Waals surface area (Å²) in [7, 11) is 0.866. The zero-order valence-corrected chi connectivity index (χ0v) is 28.6. The summed E-state index contributed by atoms with van der Waals surface area (Å²) >= 11 is 3.56. The second-order valence-electron chi connectivity index (χ2n) is 14.0. The molecule has 0 radical (unpaired) electrons. The number of fused-ring (bicyclic) bond motifs is 1. The van der Waals surface area contributed by atoms with E-state index in [1.165, 1.54) is 29.8 Å². The molecule has 5 nitrogen and oxygen atoms in total. The van der Waals surface area contributed by atoms with Gasteiger partial charge in [0.25, 0.3) is 5.60 Å². The van der Waals surface area contributed by atoms with Gasteiger partial charge in [0.05, 0.1) is 5.41 Å². The number of carbonyl (C=O) groups is 2. The SMILES string of the molecule is C=C(COC(=O)C(C)(C)C)[C@@H](C)[C@@H](C[C@@H](C)[C@H]1CC[C@H]2/C(=C/Br)CCC[C@]12C)OC(=O)[C@](OC)(c1ccccc1)C(F)(F)F. The summed E-state index contributed by atoms with van der Waals surface area (Å²) in [5.74, 6) is -1.78. The predicted molar refractivity (Wildman–Crippen MR) is 169 cm³/mol. The van der Waals surface area contributed by atoms with E-state index in [9.17, 15) is 22.8 Å². The van der Waals surface area contributed by atoms with Gasteiger partial charge in [-0.05, 0) is 93.0 Å². The van der Waals surface area contributed by atoms with Crippen LogP contribution in [0.4, 0.5) is 13.2 Å². The molecule has 0 spiro atoms. The predicted octanol–water partition coefficient (Wildman–Crippen LogP) is 9.31. The van der Waals surface area contributed by atoms with E-state index in [1.807, 2.05) is 0 Å². The monoisotopic (exact) mass is 684 g/mol. The smallest absolute Gasteiger partial charge is 0.432 e. The minimum atomic E-state index is -5.09. The lowest BCUT2D eigenvalue weighted by atomic mass is 9.61. The molecular formula is C35H48BrF3O5. The van der Waals surface area contributed by atoms with Crippen molar-refractivity contribution in [3.8, 4) is 0 Å².